The summed E-state index contributed by atoms with van der Waals surface area (Å²) in [4.78, 5) is 0. The Morgan fingerprint density at radius 2 is 2.27 bits per heavy atom. The molecule has 0 amide bonds. The molecule has 15 heavy (non-hydrogen) atoms. The summed E-state index contributed by atoms with van der Waals surface area (Å²) in [5.41, 5.74) is 1.09. The molecule has 0 heterocycles. The Morgan fingerprint density at radius 3 is 2.93 bits per heavy atom. The molecule has 0 radical (unpaired) electrons. The molecule has 0 bridgehead atoms. The summed E-state index contributed by atoms with van der Waals surface area (Å²) in [7, 11) is 0. The van der Waals surface area contributed by atoms with Crippen LogP contribution in [0.4, 0.5) is 4.39 Å². The lowest BCUT2D eigenvalue weighted by molar-refractivity contribution is 0.618. The maximum Gasteiger partial charge on any atom is 0.137 e. The van der Waals surface area contributed by atoms with E-state index in [4.69, 9.17) is 0 Å². The van der Waals surface area contributed by atoms with Crippen molar-refractivity contribution in [3.8, 4) is 0 Å². The van der Waals surface area contributed by atoms with E-state index in [2.05, 4.69) is 27.3 Å². The van der Waals surface area contributed by atoms with Gasteiger partial charge in [0.1, 0.15) is 5.82 Å². The van der Waals surface area contributed by atoms with Crippen LogP contribution in [0.15, 0.2) is 34.8 Å². The predicted octanol–water partition coefficient (Wildman–Crippen LogP) is 3.64. The third-order valence-electron chi connectivity index (χ3n) is 2.04. The van der Waals surface area contributed by atoms with Crippen LogP contribution in [-0.2, 0) is 6.54 Å². The highest BCUT2D eigenvalue weighted by atomic mass is 79.9. The second kappa shape index (κ2) is 6.75. The summed E-state index contributed by atoms with van der Waals surface area (Å²) in [6.07, 6.45) is 5.18. The van der Waals surface area contributed by atoms with Gasteiger partial charge in [0.2, 0.25) is 0 Å². The zero-order valence-electron chi connectivity index (χ0n) is 8.76. The van der Waals surface area contributed by atoms with Crippen LogP contribution in [0.1, 0.15) is 18.9 Å². The Balaban J connectivity index is 2.34. The first kappa shape index (κ1) is 12.4. The Labute approximate surface area is 98.5 Å². The Bertz CT molecular complexity index is 336. The van der Waals surface area contributed by atoms with Crippen LogP contribution in [-0.4, -0.2) is 6.54 Å². The first-order valence-electron chi connectivity index (χ1n) is 5.00. The van der Waals surface area contributed by atoms with Crippen molar-refractivity contribution in [1.29, 1.82) is 0 Å². The smallest absolute Gasteiger partial charge is 0.137 e. The maximum atomic E-state index is 12.9. The Kier molecular flexibility index (Phi) is 5.58. The van der Waals surface area contributed by atoms with E-state index in [1.807, 2.05) is 13.0 Å². The van der Waals surface area contributed by atoms with E-state index in [1.165, 1.54) is 6.07 Å². The molecule has 0 spiro atoms. The fraction of sp³-hybridized carbons (Fsp3) is 0.333. The topological polar surface area (TPSA) is 12.0 Å². The molecule has 1 nitrogen and oxygen atoms in total. The van der Waals surface area contributed by atoms with Crippen LogP contribution < -0.4 is 5.32 Å². The van der Waals surface area contributed by atoms with Gasteiger partial charge in [0.15, 0.2) is 0 Å². The average molecular weight is 272 g/mol. The zero-order chi connectivity index (χ0) is 11.1. The standard InChI is InChI=1S/C12H15BrFN/c1-2-3-4-7-15-9-10-5-6-12(14)11(13)8-10/h2-3,5-6,8,15H,4,7,9H2,1H3/b3-2+. The fourth-order valence-corrected chi connectivity index (χ4v) is 1.66. The molecule has 0 aliphatic rings. The second-order valence-electron chi connectivity index (χ2n) is 3.28. The van der Waals surface area contributed by atoms with Crippen molar-refractivity contribution < 1.29 is 4.39 Å². The first-order chi connectivity index (χ1) is 7.24. The molecule has 0 fully saturated rings. The summed E-state index contributed by atoms with van der Waals surface area (Å²) in [6.45, 7) is 3.73. The normalized spacial score (nSPS) is 11.1. The summed E-state index contributed by atoms with van der Waals surface area (Å²) >= 11 is 3.17. The molecule has 0 aliphatic heterocycles. The van der Waals surface area contributed by atoms with Crippen LogP contribution >= 0.6 is 15.9 Å². The van der Waals surface area contributed by atoms with Crippen LogP contribution in [0, 0.1) is 5.82 Å². The highest BCUT2D eigenvalue weighted by Crippen LogP contribution is 2.16. The van der Waals surface area contributed by atoms with E-state index in [1.54, 1.807) is 12.1 Å². The minimum absolute atomic E-state index is 0.215. The van der Waals surface area contributed by atoms with E-state index in [-0.39, 0.29) is 5.82 Å². The first-order valence-corrected chi connectivity index (χ1v) is 5.79. The number of nitrogens with one attached hydrogen (secondary N) is 1. The van der Waals surface area contributed by atoms with Gasteiger partial charge in [0, 0.05) is 6.54 Å². The third-order valence-corrected chi connectivity index (χ3v) is 2.64. The van der Waals surface area contributed by atoms with Crippen LogP contribution in [0.2, 0.25) is 0 Å². The molecule has 3 heteroatoms. The van der Waals surface area contributed by atoms with Crippen molar-refractivity contribution in [1.82, 2.24) is 5.32 Å². The van der Waals surface area contributed by atoms with Crippen LogP contribution in [0.5, 0.6) is 0 Å². The third kappa shape index (κ3) is 4.58. The molecular formula is C12H15BrFN. The number of rotatable bonds is 5. The van der Waals surface area contributed by atoms with E-state index >= 15 is 0 Å². The minimum Gasteiger partial charge on any atom is -0.312 e. The van der Waals surface area contributed by atoms with Gasteiger partial charge in [-0.1, -0.05) is 18.2 Å². The minimum atomic E-state index is -0.215. The van der Waals surface area contributed by atoms with Gasteiger partial charge in [-0.3, -0.25) is 0 Å². The lowest BCUT2D eigenvalue weighted by Gasteiger charge is -2.04. The van der Waals surface area contributed by atoms with Crippen molar-refractivity contribution in [3.63, 3.8) is 0 Å². The second-order valence-corrected chi connectivity index (χ2v) is 4.14. The molecule has 1 aromatic rings. The number of allylic oxidation sites excluding steroid dienone is 1. The SMILES string of the molecule is C/C=C/CCNCc1ccc(F)c(Br)c1. The monoisotopic (exact) mass is 271 g/mol. The largest absolute Gasteiger partial charge is 0.312 e. The molecule has 0 saturated heterocycles. The van der Waals surface area contributed by atoms with Crippen molar-refractivity contribution in [3.05, 3.63) is 46.2 Å². The molecule has 1 N–H and O–H groups in total. The lowest BCUT2D eigenvalue weighted by Crippen LogP contribution is -2.14. The molecule has 0 unspecified atom stereocenters. The summed E-state index contributed by atoms with van der Waals surface area (Å²) in [6, 6.07) is 5.08. The summed E-state index contributed by atoms with van der Waals surface area (Å²) in [5, 5.41) is 3.29. The van der Waals surface area contributed by atoms with Gasteiger partial charge in [0.05, 0.1) is 4.47 Å². The molecular weight excluding hydrogens is 257 g/mol. The fourth-order valence-electron chi connectivity index (χ4n) is 1.23. The molecule has 0 aliphatic carbocycles. The quantitative estimate of drug-likeness (QED) is 0.637. The maximum absolute atomic E-state index is 12.9. The van der Waals surface area contributed by atoms with Gasteiger partial charge in [-0.05, 0) is 53.5 Å². The van der Waals surface area contributed by atoms with Crippen molar-refractivity contribution >= 4 is 15.9 Å². The summed E-state index contributed by atoms with van der Waals surface area (Å²) in [5.74, 6) is -0.215. The molecule has 1 rings (SSSR count). The number of benzene rings is 1. The van der Waals surface area contributed by atoms with E-state index in [9.17, 15) is 4.39 Å². The molecule has 0 saturated carbocycles. The predicted molar refractivity (Wildman–Crippen MR) is 65.2 cm³/mol. The highest BCUT2D eigenvalue weighted by molar-refractivity contribution is 9.10. The Hall–Kier alpha value is -0.670. The van der Waals surface area contributed by atoms with E-state index < -0.39 is 0 Å². The van der Waals surface area contributed by atoms with Gasteiger partial charge in [-0.25, -0.2) is 4.39 Å². The van der Waals surface area contributed by atoms with Crippen LogP contribution in [0.3, 0.4) is 0 Å². The van der Waals surface area contributed by atoms with Crippen LogP contribution in [0.25, 0.3) is 0 Å². The van der Waals surface area contributed by atoms with Crippen molar-refractivity contribution in [2.24, 2.45) is 0 Å². The Morgan fingerprint density at radius 1 is 1.47 bits per heavy atom. The van der Waals surface area contributed by atoms with Crippen molar-refractivity contribution in [2.75, 3.05) is 6.54 Å². The van der Waals surface area contributed by atoms with Gasteiger partial charge in [0.25, 0.3) is 0 Å². The van der Waals surface area contributed by atoms with E-state index in [0.29, 0.717) is 4.47 Å². The van der Waals surface area contributed by atoms with Gasteiger partial charge < -0.3 is 5.32 Å². The molecule has 82 valence electrons. The number of halogens is 2. The van der Waals surface area contributed by atoms with Gasteiger partial charge >= 0.3 is 0 Å². The zero-order valence-corrected chi connectivity index (χ0v) is 10.3. The van der Waals surface area contributed by atoms with Crippen molar-refractivity contribution in [2.45, 2.75) is 19.9 Å². The van der Waals surface area contributed by atoms with E-state index in [0.717, 1.165) is 25.1 Å². The molecule has 0 aromatic heterocycles. The average Bonchev–Trinajstić information content (AvgIpc) is 2.23. The molecule has 1 aromatic carbocycles. The van der Waals surface area contributed by atoms with Gasteiger partial charge in [-0.15, -0.1) is 0 Å². The summed E-state index contributed by atoms with van der Waals surface area (Å²) < 4.78 is 13.4. The molecule has 0 atom stereocenters. The number of hydrogen-bond donors (Lipinski definition) is 1. The highest BCUT2D eigenvalue weighted by Gasteiger charge is 1.99. The number of hydrogen-bond acceptors (Lipinski definition) is 1. The van der Waals surface area contributed by atoms with Gasteiger partial charge in [-0.2, -0.15) is 0 Å². The lowest BCUT2D eigenvalue weighted by atomic mass is 10.2.